The van der Waals surface area contributed by atoms with E-state index in [1.54, 1.807) is 13.8 Å². The van der Waals surface area contributed by atoms with Gasteiger partial charge >= 0.3 is 0 Å². The fraction of sp³-hybridized carbons (Fsp3) is 0.227. The summed E-state index contributed by atoms with van der Waals surface area (Å²) >= 11 is 0. The lowest BCUT2D eigenvalue weighted by Crippen LogP contribution is -2.34. The normalized spacial score (nSPS) is 10.5. The zero-order valence-electron chi connectivity index (χ0n) is 16.0. The Hall–Kier alpha value is -3.41. The maximum absolute atomic E-state index is 12.1. The highest BCUT2D eigenvalue weighted by molar-refractivity contribution is 5.77. The molecule has 0 radical (unpaired) electrons. The molecule has 0 aliphatic carbocycles. The highest BCUT2D eigenvalue weighted by Gasteiger charge is 2.06. The van der Waals surface area contributed by atoms with Gasteiger partial charge in [0.1, 0.15) is 5.75 Å². The van der Waals surface area contributed by atoms with Crippen LogP contribution < -0.4 is 15.6 Å². The fourth-order valence-corrected chi connectivity index (χ4v) is 2.72. The summed E-state index contributed by atoms with van der Waals surface area (Å²) in [6.07, 6.45) is 1.50. The number of ether oxygens (including phenoxy) is 1. The van der Waals surface area contributed by atoms with Crippen molar-refractivity contribution in [1.82, 2.24) is 14.9 Å². The lowest BCUT2D eigenvalue weighted by molar-refractivity contribution is -0.123. The van der Waals surface area contributed by atoms with E-state index in [4.69, 9.17) is 4.74 Å². The van der Waals surface area contributed by atoms with E-state index >= 15 is 0 Å². The van der Waals surface area contributed by atoms with Crippen molar-refractivity contribution in [2.45, 2.75) is 20.4 Å². The van der Waals surface area contributed by atoms with E-state index in [-0.39, 0.29) is 18.1 Å². The molecule has 3 aromatic rings. The molecule has 1 aromatic heterocycles. The van der Waals surface area contributed by atoms with Crippen LogP contribution in [0.5, 0.6) is 5.75 Å². The first kappa shape index (κ1) is 19.4. The number of hydrogen-bond acceptors (Lipinski definition) is 4. The third-order valence-corrected chi connectivity index (χ3v) is 4.52. The summed E-state index contributed by atoms with van der Waals surface area (Å²) in [5, 5.41) is 2.75. The first-order valence-corrected chi connectivity index (χ1v) is 9.12. The largest absolute Gasteiger partial charge is 0.484 e. The van der Waals surface area contributed by atoms with Gasteiger partial charge in [-0.15, -0.1) is 0 Å². The van der Waals surface area contributed by atoms with E-state index in [0.717, 1.165) is 16.8 Å². The predicted molar refractivity (Wildman–Crippen MR) is 108 cm³/mol. The molecule has 1 N–H and O–H groups in total. The smallest absolute Gasteiger partial charge is 0.258 e. The highest BCUT2D eigenvalue weighted by atomic mass is 16.5. The van der Waals surface area contributed by atoms with Crippen LogP contribution in [0, 0.1) is 13.8 Å². The van der Waals surface area contributed by atoms with Gasteiger partial charge in [-0.05, 0) is 37.1 Å². The number of aromatic nitrogens is 2. The average molecular weight is 377 g/mol. The van der Waals surface area contributed by atoms with Crippen LogP contribution in [0.4, 0.5) is 0 Å². The summed E-state index contributed by atoms with van der Waals surface area (Å²) in [4.78, 5) is 28.2. The zero-order chi connectivity index (χ0) is 19.9. The summed E-state index contributed by atoms with van der Waals surface area (Å²) < 4.78 is 7.02. The lowest BCUT2D eigenvalue weighted by Gasteiger charge is -2.10. The molecule has 0 spiro atoms. The molecule has 6 nitrogen and oxygen atoms in total. The van der Waals surface area contributed by atoms with Gasteiger partial charge in [0.15, 0.2) is 6.61 Å². The number of carbonyl (C=O) groups excluding carboxylic acids is 1. The maximum Gasteiger partial charge on any atom is 0.258 e. The van der Waals surface area contributed by atoms with Gasteiger partial charge in [-0.25, -0.2) is 4.98 Å². The Balaban J connectivity index is 1.46. The van der Waals surface area contributed by atoms with Gasteiger partial charge in [0.25, 0.3) is 11.5 Å². The van der Waals surface area contributed by atoms with Gasteiger partial charge in [-0.1, -0.05) is 42.5 Å². The molecular weight excluding hydrogens is 354 g/mol. The fourth-order valence-electron chi connectivity index (χ4n) is 2.72. The van der Waals surface area contributed by atoms with Gasteiger partial charge < -0.3 is 10.1 Å². The zero-order valence-corrected chi connectivity index (χ0v) is 16.0. The molecule has 0 unspecified atom stereocenters. The van der Waals surface area contributed by atoms with E-state index in [2.05, 4.69) is 10.3 Å². The van der Waals surface area contributed by atoms with Crippen LogP contribution in [0.1, 0.15) is 11.3 Å². The number of benzene rings is 2. The molecule has 0 aliphatic rings. The summed E-state index contributed by atoms with van der Waals surface area (Å²) in [6.45, 7) is 4.16. The number of nitrogens with zero attached hydrogens (tertiary/aromatic N) is 2. The Bertz CT molecular complexity index is 996. The Labute approximate surface area is 163 Å². The second kappa shape index (κ2) is 8.99. The summed E-state index contributed by atoms with van der Waals surface area (Å²) in [7, 11) is 0. The third-order valence-electron chi connectivity index (χ3n) is 4.52. The van der Waals surface area contributed by atoms with Crippen molar-refractivity contribution in [1.29, 1.82) is 0 Å². The van der Waals surface area contributed by atoms with Crippen molar-refractivity contribution in [3.05, 3.63) is 82.5 Å². The minimum Gasteiger partial charge on any atom is -0.484 e. The van der Waals surface area contributed by atoms with Gasteiger partial charge in [-0.3, -0.25) is 14.2 Å². The Morgan fingerprint density at radius 2 is 1.71 bits per heavy atom. The van der Waals surface area contributed by atoms with Crippen LogP contribution in [0.25, 0.3) is 11.1 Å². The molecule has 0 fully saturated rings. The molecule has 2 aromatic carbocycles. The molecule has 1 heterocycles. The standard InChI is InChI=1S/C22H23N3O3/c1-16-17(2)24-15-25(22(16)27)13-12-23-21(26)14-28-20-10-8-19(9-11-20)18-6-4-3-5-7-18/h3-11,15H,12-14H2,1-2H3,(H,23,26). The summed E-state index contributed by atoms with van der Waals surface area (Å²) in [5.74, 6) is 0.390. The van der Waals surface area contributed by atoms with Crippen LogP contribution >= 0.6 is 0 Å². The number of aryl methyl sites for hydroxylation is 1. The number of hydrogen-bond donors (Lipinski definition) is 1. The minimum absolute atomic E-state index is 0.0786. The Kier molecular flexibility index (Phi) is 6.22. The second-order valence-corrected chi connectivity index (χ2v) is 6.48. The third kappa shape index (κ3) is 4.85. The van der Waals surface area contributed by atoms with Crippen molar-refractivity contribution in [2.75, 3.05) is 13.2 Å². The van der Waals surface area contributed by atoms with E-state index in [1.807, 2.05) is 54.6 Å². The Morgan fingerprint density at radius 1 is 1.04 bits per heavy atom. The van der Waals surface area contributed by atoms with Crippen molar-refractivity contribution >= 4 is 5.91 Å². The minimum atomic E-state index is -0.239. The average Bonchev–Trinajstić information content (AvgIpc) is 2.73. The number of amides is 1. The lowest BCUT2D eigenvalue weighted by atomic mass is 10.1. The van der Waals surface area contributed by atoms with E-state index in [1.165, 1.54) is 10.9 Å². The molecule has 0 bridgehead atoms. The maximum atomic E-state index is 12.1. The van der Waals surface area contributed by atoms with Crippen LogP contribution in [-0.2, 0) is 11.3 Å². The molecule has 0 saturated carbocycles. The Morgan fingerprint density at radius 3 is 2.43 bits per heavy atom. The van der Waals surface area contributed by atoms with Gasteiger partial charge in [-0.2, -0.15) is 0 Å². The van der Waals surface area contributed by atoms with Gasteiger partial charge in [0, 0.05) is 24.3 Å². The van der Waals surface area contributed by atoms with Crippen LogP contribution in [0.3, 0.4) is 0 Å². The molecule has 0 saturated heterocycles. The van der Waals surface area contributed by atoms with Crippen molar-refractivity contribution < 1.29 is 9.53 Å². The molecule has 6 heteroatoms. The van der Waals surface area contributed by atoms with Crippen molar-refractivity contribution in [3.63, 3.8) is 0 Å². The SMILES string of the molecule is Cc1ncn(CCNC(=O)COc2ccc(-c3ccccc3)cc2)c(=O)c1C. The first-order chi connectivity index (χ1) is 13.5. The van der Waals surface area contributed by atoms with E-state index in [9.17, 15) is 9.59 Å². The van der Waals surface area contributed by atoms with Crippen LogP contribution in [0.15, 0.2) is 65.7 Å². The molecule has 3 rings (SSSR count). The molecule has 0 atom stereocenters. The monoisotopic (exact) mass is 377 g/mol. The van der Waals surface area contributed by atoms with Crippen molar-refractivity contribution in [3.8, 4) is 16.9 Å². The van der Waals surface area contributed by atoms with Crippen LogP contribution in [-0.4, -0.2) is 28.6 Å². The number of nitrogens with one attached hydrogen (secondary N) is 1. The van der Waals surface area contributed by atoms with E-state index in [0.29, 0.717) is 24.4 Å². The second-order valence-electron chi connectivity index (χ2n) is 6.48. The highest BCUT2D eigenvalue weighted by Crippen LogP contribution is 2.21. The molecule has 28 heavy (non-hydrogen) atoms. The topological polar surface area (TPSA) is 73.2 Å². The summed E-state index contributed by atoms with van der Waals surface area (Å²) in [6, 6.07) is 17.7. The molecular formula is C22H23N3O3. The van der Waals surface area contributed by atoms with Gasteiger partial charge in [0.2, 0.25) is 0 Å². The number of rotatable bonds is 7. The number of carbonyl (C=O) groups is 1. The van der Waals surface area contributed by atoms with Crippen molar-refractivity contribution in [2.24, 2.45) is 0 Å². The molecule has 1 amide bonds. The van der Waals surface area contributed by atoms with Crippen LogP contribution in [0.2, 0.25) is 0 Å². The molecule has 0 aliphatic heterocycles. The van der Waals surface area contributed by atoms with E-state index < -0.39 is 0 Å². The predicted octanol–water partition coefficient (Wildman–Crippen LogP) is 2.72. The van der Waals surface area contributed by atoms with Gasteiger partial charge in [0.05, 0.1) is 6.33 Å². The summed E-state index contributed by atoms with van der Waals surface area (Å²) in [5.41, 5.74) is 3.47. The quantitative estimate of drug-likeness (QED) is 0.687. The molecule has 144 valence electrons. The first-order valence-electron chi connectivity index (χ1n) is 9.12.